The lowest BCUT2D eigenvalue weighted by molar-refractivity contribution is 0.343. The molecule has 0 atom stereocenters. The predicted molar refractivity (Wildman–Crippen MR) is 70.6 cm³/mol. The number of halogens is 1. The van der Waals surface area contributed by atoms with Crippen LogP contribution in [0.1, 0.15) is 6.42 Å². The van der Waals surface area contributed by atoms with Gasteiger partial charge in [-0.15, -0.1) is 0 Å². The van der Waals surface area contributed by atoms with E-state index < -0.39 is 0 Å². The topological polar surface area (TPSA) is 24.5 Å². The van der Waals surface area contributed by atoms with Crippen molar-refractivity contribution in [1.82, 2.24) is 4.90 Å². The first-order valence-electron chi connectivity index (χ1n) is 5.59. The van der Waals surface area contributed by atoms with E-state index in [0.29, 0.717) is 0 Å². The molecule has 0 amide bonds. The van der Waals surface area contributed by atoms with E-state index in [0.717, 1.165) is 30.2 Å². The van der Waals surface area contributed by atoms with Crippen molar-refractivity contribution in [3.05, 3.63) is 54.2 Å². The molecule has 0 spiro atoms. The summed E-state index contributed by atoms with van der Waals surface area (Å²) in [5.41, 5.74) is 0.988. The van der Waals surface area contributed by atoms with Crippen LogP contribution < -0.4 is 5.32 Å². The molecule has 1 aliphatic rings. The van der Waals surface area contributed by atoms with E-state index in [1.807, 2.05) is 36.7 Å². The van der Waals surface area contributed by atoms with Gasteiger partial charge in [-0.05, 0) is 18.6 Å². The summed E-state index contributed by atoms with van der Waals surface area (Å²) in [6.07, 6.45) is 8.19. The second-order valence-electron chi connectivity index (χ2n) is 3.70. The van der Waals surface area contributed by atoms with Crippen LogP contribution in [0.5, 0.6) is 0 Å². The molecule has 1 heterocycles. The second kappa shape index (κ2) is 6.21. The number of para-hydroxylation sites is 1. The zero-order valence-corrected chi connectivity index (χ0v) is 10.2. The maximum Gasteiger partial charge on any atom is 0.106 e. The van der Waals surface area contributed by atoms with Crippen LogP contribution in [0.3, 0.4) is 0 Å². The van der Waals surface area contributed by atoms with E-state index >= 15 is 0 Å². The van der Waals surface area contributed by atoms with Gasteiger partial charge in [0.15, 0.2) is 0 Å². The highest BCUT2D eigenvalue weighted by Gasteiger charge is 2.00. The summed E-state index contributed by atoms with van der Waals surface area (Å²) in [4.78, 5) is 2.08. The molecule has 0 aromatic heterocycles. The van der Waals surface area contributed by atoms with Gasteiger partial charge in [-0.3, -0.25) is 0 Å². The van der Waals surface area contributed by atoms with Crippen LogP contribution in [0.15, 0.2) is 49.2 Å². The Bertz CT molecular complexity index is 406. The van der Waals surface area contributed by atoms with Gasteiger partial charge in [-0.25, -0.2) is 0 Å². The molecule has 17 heavy (non-hydrogen) atoms. The molecule has 90 valence electrons. The van der Waals surface area contributed by atoms with E-state index in [4.69, 9.17) is 16.3 Å². The Morgan fingerprint density at radius 1 is 1.18 bits per heavy atom. The first-order chi connectivity index (χ1) is 8.36. The van der Waals surface area contributed by atoms with Gasteiger partial charge in [-0.2, -0.15) is 0 Å². The molecule has 0 aliphatic carbocycles. The number of benzene rings is 1. The normalized spacial score (nSPS) is 13.6. The van der Waals surface area contributed by atoms with Crippen molar-refractivity contribution in [3.8, 4) is 0 Å². The van der Waals surface area contributed by atoms with E-state index in [1.54, 1.807) is 12.5 Å². The minimum absolute atomic E-state index is 0.763. The van der Waals surface area contributed by atoms with Crippen LogP contribution in [-0.4, -0.2) is 18.0 Å². The van der Waals surface area contributed by atoms with Crippen LogP contribution in [-0.2, 0) is 4.74 Å². The minimum atomic E-state index is 0.763. The molecule has 0 radical (unpaired) electrons. The van der Waals surface area contributed by atoms with Gasteiger partial charge in [0.1, 0.15) is 12.5 Å². The van der Waals surface area contributed by atoms with Gasteiger partial charge < -0.3 is 15.0 Å². The number of nitrogens with zero attached hydrogens (tertiary/aromatic N) is 1. The molecule has 0 bridgehead atoms. The van der Waals surface area contributed by atoms with Gasteiger partial charge >= 0.3 is 0 Å². The van der Waals surface area contributed by atoms with Crippen molar-refractivity contribution in [2.75, 3.05) is 18.4 Å². The first kappa shape index (κ1) is 11.9. The molecule has 0 saturated carbocycles. The Hall–Kier alpha value is -1.61. The van der Waals surface area contributed by atoms with Gasteiger partial charge in [0.25, 0.3) is 0 Å². The zero-order valence-electron chi connectivity index (χ0n) is 9.47. The average molecular weight is 251 g/mol. The van der Waals surface area contributed by atoms with Crippen LogP contribution >= 0.6 is 11.6 Å². The smallest absolute Gasteiger partial charge is 0.106 e. The summed E-state index contributed by atoms with van der Waals surface area (Å²) in [6.45, 7) is 1.84. The molecule has 0 saturated heterocycles. The molecular formula is C13H15ClN2O. The van der Waals surface area contributed by atoms with Crippen LogP contribution in [0, 0.1) is 0 Å². The summed E-state index contributed by atoms with van der Waals surface area (Å²) in [6, 6.07) is 7.77. The third-order valence-electron chi connectivity index (χ3n) is 2.44. The monoisotopic (exact) mass is 250 g/mol. The van der Waals surface area contributed by atoms with Crippen molar-refractivity contribution in [1.29, 1.82) is 0 Å². The van der Waals surface area contributed by atoms with E-state index in [1.165, 1.54) is 0 Å². The summed E-state index contributed by atoms with van der Waals surface area (Å²) in [5, 5.41) is 4.08. The fourth-order valence-electron chi connectivity index (χ4n) is 1.56. The van der Waals surface area contributed by atoms with Gasteiger partial charge in [0, 0.05) is 25.5 Å². The number of ether oxygens (including phenoxy) is 1. The Morgan fingerprint density at radius 3 is 2.71 bits per heavy atom. The number of rotatable bonds is 5. The van der Waals surface area contributed by atoms with Crippen molar-refractivity contribution < 1.29 is 4.74 Å². The molecule has 2 rings (SSSR count). The fourth-order valence-corrected chi connectivity index (χ4v) is 1.76. The standard InChI is InChI=1S/C13H15ClN2O/c14-12-4-1-2-5-13(12)15-6-3-7-16-8-10-17-11-9-16/h1-2,4-5,8-11,15H,3,6-7H2. The van der Waals surface area contributed by atoms with Crippen molar-refractivity contribution in [2.45, 2.75) is 6.42 Å². The zero-order chi connectivity index (χ0) is 11.9. The summed E-state index contributed by atoms with van der Waals surface area (Å²) in [7, 11) is 0. The van der Waals surface area contributed by atoms with E-state index in [-0.39, 0.29) is 0 Å². The maximum absolute atomic E-state index is 6.04. The SMILES string of the molecule is Clc1ccccc1NCCCN1C=COC=C1. The minimum Gasteiger partial charge on any atom is -0.470 e. The Kier molecular flexibility index (Phi) is 4.33. The Labute approximate surface area is 106 Å². The van der Waals surface area contributed by atoms with Crippen LogP contribution in [0.2, 0.25) is 5.02 Å². The lowest BCUT2D eigenvalue weighted by atomic mass is 10.3. The molecule has 1 aliphatic heterocycles. The van der Waals surface area contributed by atoms with Crippen LogP contribution in [0.25, 0.3) is 0 Å². The highest BCUT2D eigenvalue weighted by Crippen LogP contribution is 2.20. The number of nitrogens with one attached hydrogen (secondary N) is 1. The third kappa shape index (κ3) is 3.71. The maximum atomic E-state index is 6.04. The molecule has 0 fully saturated rings. The van der Waals surface area contributed by atoms with Gasteiger partial charge in [0.2, 0.25) is 0 Å². The molecule has 1 aromatic rings. The highest BCUT2D eigenvalue weighted by molar-refractivity contribution is 6.33. The van der Waals surface area contributed by atoms with E-state index in [2.05, 4.69) is 10.2 Å². The second-order valence-corrected chi connectivity index (χ2v) is 4.11. The molecule has 1 N–H and O–H groups in total. The van der Waals surface area contributed by atoms with E-state index in [9.17, 15) is 0 Å². The van der Waals surface area contributed by atoms with Crippen molar-refractivity contribution in [3.63, 3.8) is 0 Å². The van der Waals surface area contributed by atoms with Gasteiger partial charge in [-0.1, -0.05) is 23.7 Å². The lowest BCUT2D eigenvalue weighted by Gasteiger charge is -2.17. The predicted octanol–water partition coefficient (Wildman–Crippen LogP) is 3.42. The molecular weight excluding hydrogens is 236 g/mol. The molecule has 1 aromatic carbocycles. The summed E-state index contributed by atoms with van der Waals surface area (Å²) in [5.74, 6) is 0. The Balaban J connectivity index is 1.69. The number of hydrogen-bond donors (Lipinski definition) is 1. The van der Waals surface area contributed by atoms with Crippen LogP contribution in [0.4, 0.5) is 5.69 Å². The summed E-state index contributed by atoms with van der Waals surface area (Å²) < 4.78 is 4.96. The van der Waals surface area contributed by atoms with Gasteiger partial charge in [0.05, 0.1) is 10.7 Å². The largest absolute Gasteiger partial charge is 0.470 e. The first-order valence-corrected chi connectivity index (χ1v) is 5.97. The molecule has 3 nitrogen and oxygen atoms in total. The number of hydrogen-bond acceptors (Lipinski definition) is 3. The Morgan fingerprint density at radius 2 is 1.94 bits per heavy atom. The quantitative estimate of drug-likeness (QED) is 0.811. The van der Waals surface area contributed by atoms with Crippen molar-refractivity contribution >= 4 is 17.3 Å². The number of anilines is 1. The average Bonchev–Trinajstić information content (AvgIpc) is 2.38. The third-order valence-corrected chi connectivity index (χ3v) is 2.77. The fraction of sp³-hybridized carbons (Fsp3) is 0.231. The lowest BCUT2D eigenvalue weighted by Crippen LogP contribution is -2.16. The summed E-state index contributed by atoms with van der Waals surface area (Å²) >= 11 is 6.04. The molecule has 4 heteroatoms. The highest BCUT2D eigenvalue weighted by atomic mass is 35.5. The molecule has 0 unspecified atom stereocenters. The van der Waals surface area contributed by atoms with Crippen molar-refractivity contribution in [2.24, 2.45) is 0 Å².